The molecule has 0 bridgehead atoms. The standard InChI is InChI=1S/C28H30N2O3.CH3Cl/c1-5-29(6-2)19-13-15-23-25(17-19)33-26-18-20(30(7-3)8-4)14-16-24(26)27(23)21-11-9-10-12-22(21)28(31)32;1-2/h9-18H,5-8H2,1-4H3;1H3/p+1. The van der Waals surface area contributed by atoms with E-state index in [0.717, 1.165) is 65.1 Å². The number of carboxylic acid groups (broad SMARTS) is 1. The van der Waals surface area contributed by atoms with Gasteiger partial charge in [0.25, 0.3) is 0 Å². The molecule has 0 saturated carbocycles. The topological polar surface area (TPSA) is 56.7 Å². The number of rotatable bonds is 7. The van der Waals surface area contributed by atoms with Gasteiger partial charge in [-0.3, -0.25) is 0 Å². The summed E-state index contributed by atoms with van der Waals surface area (Å²) in [5, 5.41) is 11.9. The van der Waals surface area contributed by atoms with Crippen LogP contribution in [-0.2, 0) is 0 Å². The molecule has 2 aromatic rings. The van der Waals surface area contributed by atoms with E-state index in [1.54, 1.807) is 12.1 Å². The van der Waals surface area contributed by atoms with E-state index in [2.05, 4.69) is 85.2 Å². The highest BCUT2D eigenvalue weighted by molar-refractivity contribution is 6.15. The van der Waals surface area contributed by atoms with Gasteiger partial charge in [-0.1, -0.05) is 18.2 Å². The lowest BCUT2D eigenvalue weighted by Gasteiger charge is -2.22. The molecule has 0 spiro atoms. The van der Waals surface area contributed by atoms with Gasteiger partial charge >= 0.3 is 5.97 Å². The van der Waals surface area contributed by atoms with E-state index in [-0.39, 0.29) is 5.56 Å². The fraction of sp³-hybridized carbons (Fsp3) is 0.310. The number of hydrogen-bond acceptors (Lipinski definition) is 3. The summed E-state index contributed by atoms with van der Waals surface area (Å²) in [4.78, 5) is 14.3. The second-order valence-corrected chi connectivity index (χ2v) is 8.03. The summed E-state index contributed by atoms with van der Waals surface area (Å²) in [5.41, 5.74) is 4.62. The lowest BCUT2D eigenvalue weighted by atomic mass is 9.90. The number of hydrogen-bond donors (Lipinski definition) is 1. The predicted molar refractivity (Wildman–Crippen MR) is 147 cm³/mol. The number of anilines is 1. The van der Waals surface area contributed by atoms with Crippen LogP contribution in [0.2, 0.25) is 0 Å². The maximum absolute atomic E-state index is 12.1. The first kappa shape index (κ1) is 26.3. The molecule has 1 heterocycles. The molecular formula is C29H34ClN2O3+. The molecule has 0 atom stereocenters. The lowest BCUT2D eigenvalue weighted by molar-refractivity contribution is 0.0697. The molecule has 4 rings (SSSR count). The molecule has 0 aromatic heterocycles. The van der Waals surface area contributed by atoms with Gasteiger partial charge in [-0.15, -0.1) is 11.6 Å². The fourth-order valence-electron chi connectivity index (χ4n) is 4.62. The van der Waals surface area contributed by atoms with Crippen molar-refractivity contribution in [2.75, 3.05) is 37.5 Å². The van der Waals surface area contributed by atoms with Crippen LogP contribution in [-0.4, -0.2) is 43.6 Å². The number of halogens is 1. The van der Waals surface area contributed by atoms with Gasteiger partial charge in [-0.2, -0.15) is 0 Å². The molecule has 0 unspecified atom stereocenters. The SMILES string of the molecule is CCN(CC)c1ccc2c(-c3ccccc3C(=O)O)c3ccc(=[N+](CC)CC)cc-3oc2c1.CCl. The zero-order chi connectivity index (χ0) is 25.5. The van der Waals surface area contributed by atoms with Crippen molar-refractivity contribution in [3.8, 4) is 22.5 Å². The van der Waals surface area contributed by atoms with Crippen LogP contribution in [0.5, 0.6) is 0 Å². The smallest absolute Gasteiger partial charge is 0.336 e. The van der Waals surface area contributed by atoms with Crippen molar-refractivity contribution in [1.82, 2.24) is 4.58 Å². The molecule has 1 aliphatic heterocycles. The molecular weight excluding hydrogens is 460 g/mol. The van der Waals surface area contributed by atoms with Crippen molar-refractivity contribution in [3.05, 3.63) is 71.6 Å². The highest BCUT2D eigenvalue weighted by Gasteiger charge is 2.22. The minimum absolute atomic E-state index is 0.284. The third kappa shape index (κ3) is 5.20. The van der Waals surface area contributed by atoms with E-state index in [0.29, 0.717) is 5.56 Å². The highest BCUT2D eigenvalue weighted by Crippen LogP contribution is 2.42. The van der Waals surface area contributed by atoms with Gasteiger partial charge in [0.15, 0.2) is 0 Å². The van der Waals surface area contributed by atoms with Gasteiger partial charge in [0.05, 0.1) is 11.6 Å². The Balaban J connectivity index is 0.00000167. The first-order valence-corrected chi connectivity index (χ1v) is 12.8. The summed E-state index contributed by atoms with van der Waals surface area (Å²) in [6, 6.07) is 19.6. The van der Waals surface area contributed by atoms with Crippen molar-refractivity contribution in [3.63, 3.8) is 0 Å². The first-order chi connectivity index (χ1) is 17.0. The molecule has 1 N–H and O–H groups in total. The summed E-state index contributed by atoms with van der Waals surface area (Å²) >= 11 is 4.64. The maximum Gasteiger partial charge on any atom is 0.336 e. The van der Waals surface area contributed by atoms with Crippen LogP contribution in [0.4, 0.5) is 5.69 Å². The Bertz CT molecular complexity index is 1350. The van der Waals surface area contributed by atoms with Crippen LogP contribution >= 0.6 is 11.6 Å². The summed E-state index contributed by atoms with van der Waals surface area (Å²) in [6.45, 7) is 12.1. The normalized spacial score (nSPS) is 10.7. The minimum atomic E-state index is -0.938. The molecule has 5 nitrogen and oxygen atoms in total. The van der Waals surface area contributed by atoms with Crippen LogP contribution < -0.4 is 14.8 Å². The Kier molecular flexibility index (Phi) is 8.94. The summed E-state index contributed by atoms with van der Waals surface area (Å²) < 4.78 is 8.74. The Hall–Kier alpha value is -3.31. The quantitative estimate of drug-likeness (QED) is 0.183. The number of carboxylic acids is 1. The molecule has 0 fully saturated rings. The van der Waals surface area contributed by atoms with Gasteiger partial charge < -0.3 is 14.4 Å². The Labute approximate surface area is 212 Å². The van der Waals surface area contributed by atoms with Gasteiger partial charge in [-0.05, 0) is 57.5 Å². The van der Waals surface area contributed by atoms with E-state index >= 15 is 0 Å². The van der Waals surface area contributed by atoms with Gasteiger partial charge in [-0.25, -0.2) is 9.37 Å². The van der Waals surface area contributed by atoms with Gasteiger partial charge in [0.1, 0.15) is 24.4 Å². The summed E-state index contributed by atoms with van der Waals surface area (Å²) in [5.74, 6) is -0.189. The van der Waals surface area contributed by atoms with Gasteiger partial charge in [0, 0.05) is 53.8 Å². The molecule has 35 heavy (non-hydrogen) atoms. The molecule has 0 radical (unpaired) electrons. The highest BCUT2D eigenvalue weighted by atomic mass is 35.5. The number of carbonyl (C=O) groups is 1. The monoisotopic (exact) mass is 493 g/mol. The van der Waals surface area contributed by atoms with E-state index in [4.69, 9.17) is 4.42 Å². The van der Waals surface area contributed by atoms with Crippen LogP contribution in [0, 0.1) is 0 Å². The average Bonchev–Trinajstić information content (AvgIpc) is 2.89. The number of benzene rings is 3. The van der Waals surface area contributed by atoms with E-state index in [9.17, 15) is 9.90 Å². The molecule has 0 saturated heterocycles. The Morgan fingerprint density at radius 2 is 1.60 bits per heavy atom. The van der Waals surface area contributed by atoms with Crippen molar-refractivity contribution in [2.24, 2.45) is 0 Å². The van der Waals surface area contributed by atoms with Gasteiger partial charge in [0.2, 0.25) is 5.36 Å². The molecule has 6 heteroatoms. The second kappa shape index (κ2) is 11.9. The number of nitrogens with zero attached hydrogens (tertiary/aromatic N) is 2. The molecule has 184 valence electrons. The lowest BCUT2D eigenvalue weighted by Crippen LogP contribution is -2.29. The Morgan fingerprint density at radius 3 is 2.23 bits per heavy atom. The van der Waals surface area contributed by atoms with E-state index in [1.807, 2.05) is 12.1 Å². The van der Waals surface area contributed by atoms with Crippen LogP contribution in [0.15, 0.2) is 65.1 Å². The van der Waals surface area contributed by atoms with Crippen molar-refractivity contribution in [2.45, 2.75) is 27.7 Å². The van der Waals surface area contributed by atoms with Crippen LogP contribution in [0.1, 0.15) is 38.1 Å². The first-order valence-electron chi connectivity index (χ1n) is 12.1. The van der Waals surface area contributed by atoms with E-state index < -0.39 is 5.97 Å². The average molecular weight is 494 g/mol. The molecule has 1 aliphatic carbocycles. The second-order valence-electron chi connectivity index (χ2n) is 8.03. The number of fused-ring (bicyclic) bond motifs is 2. The largest absolute Gasteiger partial charge is 0.478 e. The third-order valence-corrected chi connectivity index (χ3v) is 6.37. The van der Waals surface area contributed by atoms with Crippen molar-refractivity contribution < 1.29 is 14.3 Å². The third-order valence-electron chi connectivity index (χ3n) is 6.37. The molecule has 2 aromatic carbocycles. The summed E-state index contributed by atoms with van der Waals surface area (Å²) in [7, 11) is 0. The van der Waals surface area contributed by atoms with E-state index in [1.165, 1.54) is 6.38 Å². The Morgan fingerprint density at radius 1 is 0.914 bits per heavy atom. The maximum atomic E-state index is 12.1. The molecule has 0 amide bonds. The zero-order valence-electron chi connectivity index (χ0n) is 21.1. The minimum Gasteiger partial charge on any atom is -0.478 e. The van der Waals surface area contributed by atoms with Crippen LogP contribution in [0.3, 0.4) is 0 Å². The summed E-state index contributed by atoms with van der Waals surface area (Å²) in [6.07, 6.45) is 1.47. The number of alkyl halides is 1. The van der Waals surface area contributed by atoms with Crippen LogP contribution in [0.25, 0.3) is 33.4 Å². The zero-order valence-corrected chi connectivity index (χ0v) is 21.9. The fourth-order valence-corrected chi connectivity index (χ4v) is 4.62. The van der Waals surface area contributed by atoms with Crippen molar-refractivity contribution in [1.29, 1.82) is 0 Å². The molecule has 2 aliphatic rings. The number of aromatic carboxylic acids is 1. The van der Waals surface area contributed by atoms with Crippen molar-refractivity contribution >= 4 is 34.2 Å². The predicted octanol–water partition coefficient (Wildman–Crippen LogP) is 6.42.